The molecule has 0 aliphatic carbocycles. The van der Waals surface area contributed by atoms with Gasteiger partial charge in [0.2, 0.25) is 5.91 Å². The molecule has 0 bridgehead atoms. The Morgan fingerprint density at radius 2 is 1.85 bits per heavy atom. The zero-order valence-electron chi connectivity index (χ0n) is 15.5. The van der Waals surface area contributed by atoms with Crippen molar-refractivity contribution < 1.29 is 9.59 Å². The molecule has 2 fully saturated rings. The van der Waals surface area contributed by atoms with Crippen molar-refractivity contribution in [3.05, 3.63) is 59.7 Å². The molecule has 2 amide bonds. The van der Waals surface area contributed by atoms with E-state index in [1.165, 1.54) is 0 Å². The van der Waals surface area contributed by atoms with Crippen molar-refractivity contribution in [3.63, 3.8) is 0 Å². The molecule has 4 rings (SSSR count). The molecule has 0 saturated carbocycles. The van der Waals surface area contributed by atoms with Gasteiger partial charge in [0.1, 0.15) is 5.82 Å². The van der Waals surface area contributed by atoms with Gasteiger partial charge in [0.15, 0.2) is 0 Å². The lowest BCUT2D eigenvalue weighted by Gasteiger charge is -2.39. The summed E-state index contributed by atoms with van der Waals surface area (Å²) in [5.74, 6) is 0.717. The van der Waals surface area contributed by atoms with Crippen molar-refractivity contribution in [2.24, 2.45) is 0 Å². The predicted molar refractivity (Wildman–Crippen MR) is 101 cm³/mol. The Morgan fingerprint density at radius 3 is 2.48 bits per heavy atom. The molecule has 2 aliphatic heterocycles. The van der Waals surface area contributed by atoms with Crippen LogP contribution in [0.2, 0.25) is 0 Å². The van der Waals surface area contributed by atoms with E-state index in [0.29, 0.717) is 18.7 Å². The standard InChI is InChI=1S/C21H24N4O2/c1-2-18-22-13-16(14-23-18)20(27)25-10-8-21(9-11-25)12-17(19(26)24-21)15-6-4-3-5-7-15/h3-7,13-14,17H,2,8-12H2,1H3,(H,24,26)/t17-/m0/s1. The van der Waals surface area contributed by atoms with Crippen LogP contribution in [0.3, 0.4) is 0 Å². The number of nitrogens with zero attached hydrogens (tertiary/aromatic N) is 3. The van der Waals surface area contributed by atoms with E-state index < -0.39 is 0 Å². The van der Waals surface area contributed by atoms with Gasteiger partial charge < -0.3 is 10.2 Å². The van der Waals surface area contributed by atoms with Crippen molar-refractivity contribution in [2.45, 2.75) is 44.1 Å². The average molecular weight is 364 g/mol. The van der Waals surface area contributed by atoms with Crippen LogP contribution in [0.15, 0.2) is 42.7 Å². The highest BCUT2D eigenvalue weighted by Crippen LogP contribution is 2.39. The van der Waals surface area contributed by atoms with Gasteiger partial charge in [-0.05, 0) is 24.8 Å². The van der Waals surface area contributed by atoms with Gasteiger partial charge in [-0.2, -0.15) is 0 Å². The molecule has 1 N–H and O–H groups in total. The number of piperidine rings is 1. The van der Waals surface area contributed by atoms with Crippen LogP contribution in [0.25, 0.3) is 0 Å². The van der Waals surface area contributed by atoms with Crippen LogP contribution in [0.1, 0.15) is 53.8 Å². The highest BCUT2D eigenvalue weighted by atomic mass is 16.2. The molecule has 3 heterocycles. The Bertz CT molecular complexity index is 827. The highest BCUT2D eigenvalue weighted by molar-refractivity contribution is 5.93. The summed E-state index contributed by atoms with van der Waals surface area (Å²) in [6.07, 6.45) is 6.33. The number of rotatable bonds is 3. The largest absolute Gasteiger partial charge is 0.350 e. The fraction of sp³-hybridized carbons (Fsp3) is 0.429. The molecule has 0 radical (unpaired) electrons. The minimum absolute atomic E-state index is 0.0311. The van der Waals surface area contributed by atoms with Gasteiger partial charge in [0.05, 0.1) is 11.5 Å². The summed E-state index contributed by atoms with van der Waals surface area (Å²) in [7, 11) is 0. The highest BCUT2D eigenvalue weighted by Gasteiger charge is 2.46. The van der Waals surface area contributed by atoms with Crippen molar-refractivity contribution in [3.8, 4) is 0 Å². The molecule has 2 aromatic rings. The summed E-state index contributed by atoms with van der Waals surface area (Å²) in [5.41, 5.74) is 1.40. The van der Waals surface area contributed by atoms with Crippen molar-refractivity contribution >= 4 is 11.8 Å². The van der Waals surface area contributed by atoms with E-state index in [1.54, 1.807) is 12.4 Å². The summed E-state index contributed by atoms with van der Waals surface area (Å²) in [6.45, 7) is 3.26. The molecular formula is C21H24N4O2. The van der Waals surface area contributed by atoms with E-state index >= 15 is 0 Å². The number of aromatic nitrogens is 2. The molecule has 140 valence electrons. The first-order chi connectivity index (χ1) is 13.1. The van der Waals surface area contributed by atoms with Crippen LogP contribution in [-0.4, -0.2) is 45.3 Å². The quantitative estimate of drug-likeness (QED) is 0.907. The fourth-order valence-corrected chi connectivity index (χ4v) is 4.13. The molecule has 27 heavy (non-hydrogen) atoms. The second kappa shape index (κ2) is 7.10. The second-order valence-electron chi connectivity index (χ2n) is 7.47. The van der Waals surface area contributed by atoms with E-state index in [0.717, 1.165) is 37.1 Å². The minimum Gasteiger partial charge on any atom is -0.350 e. The number of nitrogens with one attached hydrogen (secondary N) is 1. The zero-order chi connectivity index (χ0) is 18.9. The van der Waals surface area contributed by atoms with Gasteiger partial charge in [-0.3, -0.25) is 9.59 Å². The number of carbonyl (C=O) groups excluding carboxylic acids is 2. The maximum absolute atomic E-state index is 12.7. The van der Waals surface area contributed by atoms with Crippen molar-refractivity contribution in [1.82, 2.24) is 20.2 Å². The van der Waals surface area contributed by atoms with Crippen molar-refractivity contribution in [2.75, 3.05) is 13.1 Å². The first-order valence-corrected chi connectivity index (χ1v) is 9.57. The average Bonchev–Trinajstić information content (AvgIpc) is 3.04. The first-order valence-electron chi connectivity index (χ1n) is 9.57. The van der Waals surface area contributed by atoms with Gasteiger partial charge in [-0.1, -0.05) is 37.3 Å². The SMILES string of the molecule is CCc1ncc(C(=O)N2CCC3(CC2)C[C@@H](c2ccccc2)C(=O)N3)cn1. The van der Waals surface area contributed by atoms with E-state index in [-0.39, 0.29) is 23.3 Å². The molecule has 6 heteroatoms. The van der Waals surface area contributed by atoms with Crippen LogP contribution in [0.4, 0.5) is 0 Å². The van der Waals surface area contributed by atoms with Crippen LogP contribution in [-0.2, 0) is 11.2 Å². The third-order valence-electron chi connectivity index (χ3n) is 5.78. The van der Waals surface area contributed by atoms with Gasteiger partial charge >= 0.3 is 0 Å². The Morgan fingerprint density at radius 1 is 1.19 bits per heavy atom. The Labute approximate surface area is 159 Å². The van der Waals surface area contributed by atoms with Crippen LogP contribution in [0, 0.1) is 0 Å². The van der Waals surface area contributed by atoms with Crippen LogP contribution < -0.4 is 5.32 Å². The third-order valence-corrected chi connectivity index (χ3v) is 5.78. The molecule has 2 saturated heterocycles. The van der Waals surface area contributed by atoms with Gasteiger partial charge in [0.25, 0.3) is 5.91 Å². The van der Waals surface area contributed by atoms with E-state index in [1.807, 2.05) is 42.2 Å². The number of likely N-dealkylation sites (tertiary alicyclic amines) is 1. The third kappa shape index (κ3) is 3.44. The Hall–Kier alpha value is -2.76. The van der Waals surface area contributed by atoms with Gasteiger partial charge in [-0.15, -0.1) is 0 Å². The number of aryl methyl sites for hydroxylation is 1. The van der Waals surface area contributed by atoms with E-state index in [4.69, 9.17) is 0 Å². The maximum atomic E-state index is 12.7. The Balaban J connectivity index is 1.41. The van der Waals surface area contributed by atoms with Gasteiger partial charge in [-0.25, -0.2) is 9.97 Å². The molecule has 6 nitrogen and oxygen atoms in total. The summed E-state index contributed by atoms with van der Waals surface area (Å²) in [4.78, 5) is 35.5. The lowest BCUT2D eigenvalue weighted by molar-refractivity contribution is -0.121. The molecule has 1 spiro atoms. The van der Waals surface area contributed by atoms with Crippen LogP contribution in [0.5, 0.6) is 0 Å². The fourth-order valence-electron chi connectivity index (χ4n) is 4.13. The molecule has 1 aromatic heterocycles. The summed E-state index contributed by atoms with van der Waals surface area (Å²) >= 11 is 0. The van der Waals surface area contributed by atoms with Crippen LogP contribution >= 0.6 is 0 Å². The Kier molecular flexibility index (Phi) is 4.64. The van der Waals surface area contributed by atoms with E-state index in [2.05, 4.69) is 15.3 Å². The number of amides is 2. The monoisotopic (exact) mass is 364 g/mol. The normalized spacial score (nSPS) is 21.3. The van der Waals surface area contributed by atoms with Gasteiger partial charge in [0, 0.05) is 37.4 Å². The second-order valence-corrected chi connectivity index (χ2v) is 7.47. The zero-order valence-corrected chi connectivity index (χ0v) is 15.5. The topological polar surface area (TPSA) is 75.2 Å². The number of benzene rings is 1. The molecule has 0 unspecified atom stereocenters. The minimum atomic E-state index is -0.197. The molecule has 1 atom stereocenters. The lowest BCUT2D eigenvalue weighted by Crippen LogP contribution is -2.52. The summed E-state index contributed by atoms with van der Waals surface area (Å²) in [5, 5.41) is 3.23. The lowest BCUT2D eigenvalue weighted by atomic mass is 9.82. The maximum Gasteiger partial charge on any atom is 0.256 e. The number of hydrogen-bond donors (Lipinski definition) is 1. The van der Waals surface area contributed by atoms with Crippen molar-refractivity contribution in [1.29, 1.82) is 0 Å². The molecular weight excluding hydrogens is 340 g/mol. The predicted octanol–water partition coefficient (Wildman–Crippen LogP) is 2.32. The molecule has 2 aliphatic rings. The number of carbonyl (C=O) groups is 2. The smallest absolute Gasteiger partial charge is 0.256 e. The first kappa shape index (κ1) is 17.6. The van der Waals surface area contributed by atoms with E-state index in [9.17, 15) is 9.59 Å². The molecule has 1 aromatic carbocycles. The number of hydrogen-bond acceptors (Lipinski definition) is 4. The summed E-state index contributed by atoms with van der Waals surface area (Å²) < 4.78 is 0. The summed E-state index contributed by atoms with van der Waals surface area (Å²) in [6, 6.07) is 9.94.